The van der Waals surface area contributed by atoms with Gasteiger partial charge in [-0.1, -0.05) is 0 Å². The van der Waals surface area contributed by atoms with Gasteiger partial charge in [0.25, 0.3) is 0 Å². The summed E-state index contributed by atoms with van der Waals surface area (Å²) in [7, 11) is 0. The van der Waals surface area contributed by atoms with Gasteiger partial charge in [0.15, 0.2) is 0 Å². The summed E-state index contributed by atoms with van der Waals surface area (Å²) in [6.07, 6.45) is 0. The Morgan fingerprint density at radius 3 is 1.92 bits per heavy atom. The van der Waals surface area contributed by atoms with Gasteiger partial charge < -0.3 is 4.74 Å². The molecule has 0 unspecified atom stereocenters. The normalized spacial score (nSPS) is 12.8. The molecule has 0 radical (unpaired) electrons. The Morgan fingerprint density at radius 2 is 1.62 bits per heavy atom. The van der Waals surface area contributed by atoms with Crippen LogP contribution in [0, 0.1) is 5.41 Å². The Morgan fingerprint density at radius 1 is 1.15 bits per heavy atom. The molecule has 0 aliphatic heterocycles. The number of carbonyl (C=O) groups is 1. The van der Waals surface area contributed by atoms with E-state index in [0.29, 0.717) is 0 Å². The second-order valence-corrected chi connectivity index (χ2v) is 5.25. The highest BCUT2D eigenvalue weighted by molar-refractivity contribution is 5.75. The van der Waals surface area contributed by atoms with Crippen molar-refractivity contribution >= 4 is 5.97 Å². The lowest BCUT2D eigenvalue weighted by Gasteiger charge is -2.22. The maximum absolute atomic E-state index is 11.3. The van der Waals surface area contributed by atoms with Gasteiger partial charge >= 0.3 is 5.97 Å². The summed E-state index contributed by atoms with van der Waals surface area (Å²) in [5.74, 6) is -0.177. The van der Waals surface area contributed by atoms with Crippen LogP contribution in [0.15, 0.2) is 0 Å². The summed E-state index contributed by atoms with van der Waals surface area (Å²) in [6, 6.07) is 0. The second kappa shape index (κ2) is 4.09. The molecule has 0 bridgehead atoms. The van der Waals surface area contributed by atoms with Crippen molar-refractivity contribution in [2.24, 2.45) is 5.41 Å². The van der Waals surface area contributed by atoms with Crippen LogP contribution >= 0.6 is 0 Å². The van der Waals surface area contributed by atoms with Crippen molar-refractivity contribution in [2.45, 2.75) is 47.1 Å². The number of hydrogen-bond donors (Lipinski definition) is 1. The highest BCUT2D eigenvalue weighted by Crippen LogP contribution is 2.14. The molecule has 13 heavy (non-hydrogen) atoms. The van der Waals surface area contributed by atoms with Gasteiger partial charge in [-0.25, -0.2) is 0 Å². The van der Waals surface area contributed by atoms with Gasteiger partial charge in [-0.05, 0) is 41.5 Å². The first-order valence-corrected chi connectivity index (χ1v) is 4.55. The molecule has 0 saturated carbocycles. The van der Waals surface area contributed by atoms with Gasteiger partial charge in [0.1, 0.15) is 6.73 Å². The Kier molecular flexibility index (Phi) is 3.91. The lowest BCUT2D eigenvalue weighted by molar-refractivity contribution is -0.154. The van der Waals surface area contributed by atoms with E-state index in [1.807, 2.05) is 41.5 Å². The summed E-state index contributed by atoms with van der Waals surface area (Å²) < 4.78 is 5.03. The third kappa shape index (κ3) is 6.58. The van der Waals surface area contributed by atoms with Crippen molar-refractivity contribution in [3.05, 3.63) is 0 Å². The number of rotatable bonds is 2. The van der Waals surface area contributed by atoms with Crippen LogP contribution in [0.25, 0.3) is 0 Å². The highest BCUT2D eigenvalue weighted by atomic mass is 16.5. The van der Waals surface area contributed by atoms with Crippen LogP contribution in [0.4, 0.5) is 0 Å². The molecule has 78 valence electrons. The fraction of sp³-hybridized carbons (Fsp3) is 0.900. The first kappa shape index (κ1) is 12.4. The Bertz CT molecular complexity index is 174. The van der Waals surface area contributed by atoms with Gasteiger partial charge in [0.2, 0.25) is 0 Å². The number of nitrogens with one attached hydrogen (secondary N) is 1. The van der Waals surface area contributed by atoms with Gasteiger partial charge in [0.05, 0.1) is 5.41 Å². The van der Waals surface area contributed by atoms with Gasteiger partial charge in [-0.15, -0.1) is 0 Å². The van der Waals surface area contributed by atoms with Crippen molar-refractivity contribution in [3.8, 4) is 0 Å². The number of ether oxygens (including phenoxy) is 1. The molecule has 0 fully saturated rings. The van der Waals surface area contributed by atoms with Gasteiger partial charge in [-0.3, -0.25) is 10.1 Å². The fourth-order valence-electron chi connectivity index (χ4n) is 0.535. The third-order valence-electron chi connectivity index (χ3n) is 1.42. The molecular formula is C10H21NO2. The van der Waals surface area contributed by atoms with E-state index < -0.39 is 5.41 Å². The number of esters is 1. The largest absolute Gasteiger partial charge is 0.449 e. The smallest absolute Gasteiger partial charge is 0.312 e. The van der Waals surface area contributed by atoms with Crippen molar-refractivity contribution < 1.29 is 9.53 Å². The van der Waals surface area contributed by atoms with Crippen molar-refractivity contribution in [1.82, 2.24) is 5.32 Å². The van der Waals surface area contributed by atoms with E-state index in [0.717, 1.165) is 0 Å². The molecule has 0 aliphatic carbocycles. The van der Waals surface area contributed by atoms with Crippen LogP contribution < -0.4 is 5.32 Å². The van der Waals surface area contributed by atoms with Crippen molar-refractivity contribution in [1.29, 1.82) is 0 Å². The predicted molar refractivity (Wildman–Crippen MR) is 53.3 cm³/mol. The number of hydrogen-bond acceptors (Lipinski definition) is 3. The van der Waals surface area contributed by atoms with E-state index in [9.17, 15) is 4.79 Å². The molecule has 0 aliphatic rings. The van der Waals surface area contributed by atoms with Crippen LogP contribution in [0.3, 0.4) is 0 Å². The average molecular weight is 187 g/mol. The van der Waals surface area contributed by atoms with Gasteiger partial charge in [-0.2, -0.15) is 0 Å². The zero-order valence-corrected chi connectivity index (χ0v) is 9.52. The Labute approximate surface area is 80.8 Å². The molecule has 0 saturated heterocycles. The van der Waals surface area contributed by atoms with Crippen LogP contribution in [0.2, 0.25) is 0 Å². The van der Waals surface area contributed by atoms with Crippen molar-refractivity contribution in [3.63, 3.8) is 0 Å². The monoisotopic (exact) mass is 187 g/mol. The summed E-state index contributed by atoms with van der Waals surface area (Å²) in [5, 5.41) is 3.08. The molecular weight excluding hydrogens is 166 g/mol. The lowest BCUT2D eigenvalue weighted by Crippen LogP contribution is -2.39. The highest BCUT2D eigenvalue weighted by Gasteiger charge is 2.23. The summed E-state index contributed by atoms with van der Waals surface area (Å²) in [5.41, 5.74) is -0.433. The van der Waals surface area contributed by atoms with Crippen molar-refractivity contribution in [2.75, 3.05) is 6.73 Å². The SMILES string of the molecule is CC(C)(C)NCOC(=O)C(C)(C)C. The Balaban J connectivity index is 3.74. The topological polar surface area (TPSA) is 38.3 Å². The molecule has 0 heterocycles. The molecule has 1 N–H and O–H groups in total. The van der Waals surface area contributed by atoms with Crippen LogP contribution in [-0.2, 0) is 9.53 Å². The molecule has 0 atom stereocenters. The molecule has 0 spiro atoms. The second-order valence-electron chi connectivity index (χ2n) is 5.25. The van der Waals surface area contributed by atoms with E-state index in [2.05, 4.69) is 5.32 Å². The minimum Gasteiger partial charge on any atom is -0.449 e. The zero-order chi connectivity index (χ0) is 10.7. The first-order chi connectivity index (χ1) is 5.63. The molecule has 0 aromatic heterocycles. The predicted octanol–water partition coefficient (Wildman–Crippen LogP) is 1.92. The summed E-state index contributed by atoms with van der Waals surface area (Å²) in [4.78, 5) is 11.3. The van der Waals surface area contributed by atoms with E-state index in [4.69, 9.17) is 4.74 Å². The van der Waals surface area contributed by atoms with E-state index >= 15 is 0 Å². The molecule has 3 nitrogen and oxygen atoms in total. The van der Waals surface area contributed by atoms with Crippen LogP contribution in [0.5, 0.6) is 0 Å². The van der Waals surface area contributed by atoms with E-state index in [-0.39, 0.29) is 18.2 Å². The minimum absolute atomic E-state index is 0.0157. The van der Waals surface area contributed by atoms with E-state index in [1.54, 1.807) is 0 Å². The average Bonchev–Trinajstić information content (AvgIpc) is 1.82. The van der Waals surface area contributed by atoms with Crippen LogP contribution in [-0.4, -0.2) is 18.2 Å². The zero-order valence-electron chi connectivity index (χ0n) is 9.52. The standard InChI is InChI=1S/C10H21NO2/c1-9(2,3)8(12)13-7-11-10(4,5)6/h11H,7H2,1-6H3. The maximum Gasteiger partial charge on any atom is 0.312 e. The maximum atomic E-state index is 11.3. The van der Waals surface area contributed by atoms with Gasteiger partial charge in [0, 0.05) is 5.54 Å². The van der Waals surface area contributed by atoms with Crippen LogP contribution in [0.1, 0.15) is 41.5 Å². The molecule has 3 heteroatoms. The minimum atomic E-state index is -0.417. The fourth-order valence-corrected chi connectivity index (χ4v) is 0.535. The van der Waals surface area contributed by atoms with E-state index in [1.165, 1.54) is 0 Å². The summed E-state index contributed by atoms with van der Waals surface area (Å²) >= 11 is 0. The molecule has 0 rings (SSSR count). The summed E-state index contributed by atoms with van der Waals surface area (Å²) in [6.45, 7) is 11.9. The Hall–Kier alpha value is -0.570. The molecule has 0 aromatic carbocycles. The first-order valence-electron chi connectivity index (χ1n) is 4.55. The quantitative estimate of drug-likeness (QED) is 0.530. The molecule has 0 amide bonds. The third-order valence-corrected chi connectivity index (χ3v) is 1.42. The number of carbonyl (C=O) groups excluding carboxylic acids is 1. The molecule has 0 aromatic rings. The lowest BCUT2D eigenvalue weighted by atomic mass is 9.97.